The zero-order valence-electron chi connectivity index (χ0n) is 13.6. The number of anilines is 4. The third-order valence-corrected chi connectivity index (χ3v) is 3.74. The van der Waals surface area contributed by atoms with E-state index in [9.17, 15) is 4.79 Å². The number of carbonyl (C=O) groups excluding carboxylic acids is 1. The number of rotatable bonds is 6. The van der Waals surface area contributed by atoms with Gasteiger partial charge in [0.1, 0.15) is 11.5 Å². The first-order chi connectivity index (χ1) is 12.1. The molecule has 0 atom stereocenters. The lowest BCUT2D eigenvalue weighted by Crippen LogP contribution is -2.18. The minimum atomic E-state index is -0.0450. The van der Waals surface area contributed by atoms with Crippen LogP contribution in [0.5, 0.6) is 0 Å². The van der Waals surface area contributed by atoms with Crippen molar-refractivity contribution < 1.29 is 4.79 Å². The molecular weight excluding hydrogens is 338 g/mol. The smallest absolute Gasteiger partial charge is 0.217 e. The van der Waals surface area contributed by atoms with Gasteiger partial charge in [0.25, 0.3) is 0 Å². The highest BCUT2D eigenvalue weighted by Crippen LogP contribution is 2.27. The third kappa shape index (κ3) is 4.74. The van der Waals surface area contributed by atoms with Crippen LogP contribution in [0.3, 0.4) is 0 Å². The van der Waals surface area contributed by atoms with Crippen molar-refractivity contribution in [3.8, 4) is 0 Å². The van der Waals surface area contributed by atoms with Crippen molar-refractivity contribution in [1.29, 1.82) is 0 Å². The van der Waals surface area contributed by atoms with Gasteiger partial charge in [-0.2, -0.15) is 5.10 Å². The SMILES string of the molecule is CC(=O)NCc1ccc(Nc2[nH]ncc2Nc2cccc(Cl)c2)cc1. The highest BCUT2D eigenvalue weighted by Gasteiger charge is 2.06. The van der Waals surface area contributed by atoms with Gasteiger partial charge in [-0.25, -0.2) is 0 Å². The first-order valence-electron chi connectivity index (χ1n) is 7.76. The maximum absolute atomic E-state index is 11.0. The molecule has 6 nitrogen and oxygen atoms in total. The third-order valence-electron chi connectivity index (χ3n) is 3.51. The van der Waals surface area contributed by atoms with E-state index in [1.165, 1.54) is 6.92 Å². The summed E-state index contributed by atoms with van der Waals surface area (Å²) < 4.78 is 0. The average Bonchev–Trinajstić information content (AvgIpc) is 3.01. The van der Waals surface area contributed by atoms with E-state index >= 15 is 0 Å². The van der Waals surface area contributed by atoms with Gasteiger partial charge in [-0.05, 0) is 35.9 Å². The molecule has 1 heterocycles. The summed E-state index contributed by atoms with van der Waals surface area (Å²) in [4.78, 5) is 11.0. The standard InChI is InChI=1S/C18H18ClN5O/c1-12(25)20-10-13-5-7-15(8-6-13)23-18-17(11-21-24-18)22-16-4-2-3-14(19)9-16/h2-9,11,22H,10H2,1H3,(H,20,25)(H2,21,23,24). The summed E-state index contributed by atoms with van der Waals surface area (Å²) in [6, 6.07) is 15.3. The molecule has 1 amide bonds. The highest BCUT2D eigenvalue weighted by molar-refractivity contribution is 6.30. The molecule has 128 valence electrons. The van der Waals surface area contributed by atoms with Gasteiger partial charge in [-0.1, -0.05) is 29.8 Å². The van der Waals surface area contributed by atoms with Crippen LogP contribution < -0.4 is 16.0 Å². The number of hydrogen-bond donors (Lipinski definition) is 4. The lowest BCUT2D eigenvalue weighted by molar-refractivity contribution is -0.119. The molecule has 1 aromatic heterocycles. The molecule has 0 saturated carbocycles. The molecule has 0 aliphatic heterocycles. The van der Waals surface area contributed by atoms with E-state index in [0.717, 1.165) is 28.4 Å². The molecule has 0 bridgehead atoms. The van der Waals surface area contributed by atoms with Gasteiger partial charge in [-0.3, -0.25) is 9.89 Å². The van der Waals surface area contributed by atoms with Crippen LogP contribution in [0.4, 0.5) is 22.9 Å². The second-order valence-electron chi connectivity index (χ2n) is 5.53. The van der Waals surface area contributed by atoms with Crippen LogP contribution in [0, 0.1) is 0 Å². The van der Waals surface area contributed by atoms with Crippen molar-refractivity contribution in [2.75, 3.05) is 10.6 Å². The molecule has 3 rings (SSSR count). The minimum Gasteiger partial charge on any atom is -0.352 e. The molecule has 0 unspecified atom stereocenters. The fourth-order valence-electron chi connectivity index (χ4n) is 2.27. The number of hydrogen-bond acceptors (Lipinski definition) is 4. The van der Waals surface area contributed by atoms with Gasteiger partial charge in [0.2, 0.25) is 5.91 Å². The van der Waals surface area contributed by atoms with E-state index < -0.39 is 0 Å². The minimum absolute atomic E-state index is 0.0450. The number of halogens is 1. The number of nitrogens with one attached hydrogen (secondary N) is 4. The Morgan fingerprint density at radius 2 is 1.92 bits per heavy atom. The molecular formula is C18H18ClN5O. The molecule has 25 heavy (non-hydrogen) atoms. The van der Waals surface area contributed by atoms with E-state index in [1.54, 1.807) is 6.20 Å². The Morgan fingerprint density at radius 1 is 1.12 bits per heavy atom. The number of carbonyl (C=O) groups is 1. The highest BCUT2D eigenvalue weighted by atomic mass is 35.5. The molecule has 4 N–H and O–H groups in total. The van der Waals surface area contributed by atoms with Gasteiger partial charge < -0.3 is 16.0 Å². The zero-order chi connectivity index (χ0) is 17.6. The van der Waals surface area contributed by atoms with Crippen molar-refractivity contribution in [1.82, 2.24) is 15.5 Å². The molecule has 0 radical (unpaired) electrons. The number of aromatic amines is 1. The lowest BCUT2D eigenvalue weighted by atomic mass is 10.2. The number of aromatic nitrogens is 2. The van der Waals surface area contributed by atoms with Gasteiger partial charge >= 0.3 is 0 Å². The van der Waals surface area contributed by atoms with Crippen LogP contribution in [-0.2, 0) is 11.3 Å². The molecule has 0 fully saturated rings. The molecule has 0 saturated heterocycles. The Labute approximate surface area is 150 Å². The molecule has 0 spiro atoms. The fraction of sp³-hybridized carbons (Fsp3) is 0.111. The summed E-state index contributed by atoms with van der Waals surface area (Å²) in [5, 5.41) is 17.0. The lowest BCUT2D eigenvalue weighted by Gasteiger charge is -2.10. The summed E-state index contributed by atoms with van der Waals surface area (Å²) in [6.45, 7) is 2.02. The van der Waals surface area contributed by atoms with Crippen molar-refractivity contribution in [3.05, 3.63) is 65.3 Å². The fourth-order valence-corrected chi connectivity index (χ4v) is 2.47. The van der Waals surface area contributed by atoms with Crippen molar-refractivity contribution in [2.45, 2.75) is 13.5 Å². The molecule has 2 aromatic carbocycles. The summed E-state index contributed by atoms with van der Waals surface area (Å²) in [5.74, 6) is 0.700. The first-order valence-corrected chi connectivity index (χ1v) is 8.14. The normalized spacial score (nSPS) is 10.3. The predicted molar refractivity (Wildman–Crippen MR) is 101 cm³/mol. The van der Waals surface area contributed by atoms with Gasteiger partial charge in [-0.15, -0.1) is 0 Å². The van der Waals surface area contributed by atoms with E-state index in [2.05, 4.69) is 26.1 Å². The predicted octanol–water partition coefficient (Wildman–Crippen LogP) is 4.19. The Hall–Kier alpha value is -2.99. The number of amides is 1. The largest absolute Gasteiger partial charge is 0.352 e. The number of benzene rings is 2. The van der Waals surface area contributed by atoms with Gasteiger partial charge in [0, 0.05) is 29.9 Å². The maximum atomic E-state index is 11.0. The van der Waals surface area contributed by atoms with E-state index in [4.69, 9.17) is 11.6 Å². The van der Waals surface area contributed by atoms with Crippen molar-refractivity contribution in [3.63, 3.8) is 0 Å². The quantitative estimate of drug-likeness (QED) is 0.534. The summed E-state index contributed by atoms with van der Waals surface area (Å²) >= 11 is 6.01. The van der Waals surface area contributed by atoms with Crippen LogP contribution >= 0.6 is 11.6 Å². The molecule has 0 aliphatic carbocycles. The van der Waals surface area contributed by atoms with Gasteiger partial charge in [0.05, 0.1) is 6.20 Å². The molecule has 0 aliphatic rings. The van der Waals surface area contributed by atoms with Crippen LogP contribution in [0.2, 0.25) is 5.02 Å². The van der Waals surface area contributed by atoms with E-state index in [-0.39, 0.29) is 5.91 Å². The van der Waals surface area contributed by atoms with Crippen molar-refractivity contribution >= 4 is 40.4 Å². The Morgan fingerprint density at radius 3 is 2.64 bits per heavy atom. The van der Waals surface area contributed by atoms with Crippen LogP contribution in [-0.4, -0.2) is 16.1 Å². The Kier molecular flexibility index (Phi) is 5.20. The Balaban J connectivity index is 1.67. The van der Waals surface area contributed by atoms with E-state index in [1.807, 2.05) is 48.5 Å². The maximum Gasteiger partial charge on any atom is 0.217 e. The Bertz CT molecular complexity index is 860. The summed E-state index contributed by atoms with van der Waals surface area (Å²) in [5.41, 5.74) is 3.62. The number of H-pyrrole nitrogens is 1. The monoisotopic (exact) mass is 355 g/mol. The average molecular weight is 356 g/mol. The van der Waals surface area contributed by atoms with Crippen LogP contribution in [0.1, 0.15) is 12.5 Å². The first kappa shape index (κ1) is 16.9. The second-order valence-corrected chi connectivity index (χ2v) is 5.96. The van der Waals surface area contributed by atoms with Gasteiger partial charge in [0.15, 0.2) is 0 Å². The number of nitrogens with zero attached hydrogens (tertiary/aromatic N) is 1. The van der Waals surface area contributed by atoms with E-state index in [0.29, 0.717) is 11.6 Å². The molecule has 7 heteroatoms. The second kappa shape index (κ2) is 7.72. The zero-order valence-corrected chi connectivity index (χ0v) is 14.4. The summed E-state index contributed by atoms with van der Waals surface area (Å²) in [7, 11) is 0. The molecule has 3 aromatic rings. The van der Waals surface area contributed by atoms with Crippen LogP contribution in [0.25, 0.3) is 0 Å². The van der Waals surface area contributed by atoms with Crippen LogP contribution in [0.15, 0.2) is 54.7 Å². The van der Waals surface area contributed by atoms with Crippen molar-refractivity contribution in [2.24, 2.45) is 0 Å². The summed E-state index contributed by atoms with van der Waals surface area (Å²) in [6.07, 6.45) is 1.70. The topological polar surface area (TPSA) is 81.8 Å².